The Balaban J connectivity index is 1.56. The van der Waals surface area contributed by atoms with Crippen molar-refractivity contribution in [3.8, 4) is 11.8 Å². The zero-order chi connectivity index (χ0) is 22.9. The molecule has 0 spiro atoms. The summed E-state index contributed by atoms with van der Waals surface area (Å²) in [6, 6.07) is 20.0. The SMILES string of the molecule is CCN(Cc1ccc(OCc2ccccc2)cc1)C(=O)CSc1nc(C)nc(C)c1C#N. The number of benzene rings is 2. The highest BCUT2D eigenvalue weighted by atomic mass is 32.2. The summed E-state index contributed by atoms with van der Waals surface area (Å²) in [5.41, 5.74) is 3.22. The van der Waals surface area contributed by atoms with E-state index < -0.39 is 0 Å². The number of hydrogen-bond acceptors (Lipinski definition) is 6. The van der Waals surface area contributed by atoms with Gasteiger partial charge in [0, 0.05) is 13.1 Å². The van der Waals surface area contributed by atoms with Crippen LogP contribution in [-0.4, -0.2) is 33.1 Å². The minimum atomic E-state index is -0.000266. The molecule has 0 atom stereocenters. The van der Waals surface area contributed by atoms with Crippen LogP contribution in [0.1, 0.15) is 35.1 Å². The van der Waals surface area contributed by atoms with Gasteiger partial charge in [-0.2, -0.15) is 5.26 Å². The van der Waals surface area contributed by atoms with Gasteiger partial charge in [0.05, 0.1) is 11.4 Å². The van der Waals surface area contributed by atoms with Gasteiger partial charge in [-0.1, -0.05) is 54.2 Å². The maximum Gasteiger partial charge on any atom is 0.233 e. The second-order valence-electron chi connectivity index (χ2n) is 7.26. The van der Waals surface area contributed by atoms with Crippen LogP contribution < -0.4 is 4.74 Å². The van der Waals surface area contributed by atoms with Gasteiger partial charge in [-0.05, 0) is 44.0 Å². The lowest BCUT2D eigenvalue weighted by atomic mass is 10.2. The van der Waals surface area contributed by atoms with Gasteiger partial charge in [0.25, 0.3) is 0 Å². The fraction of sp³-hybridized carbons (Fsp3) is 0.280. The zero-order valence-electron chi connectivity index (χ0n) is 18.5. The molecule has 3 aromatic rings. The Bertz CT molecular complexity index is 1100. The molecule has 0 fully saturated rings. The summed E-state index contributed by atoms with van der Waals surface area (Å²) in [4.78, 5) is 23.2. The lowest BCUT2D eigenvalue weighted by Gasteiger charge is -2.21. The Hall–Kier alpha value is -3.37. The summed E-state index contributed by atoms with van der Waals surface area (Å²) < 4.78 is 5.83. The second kappa shape index (κ2) is 11.3. The Morgan fingerprint density at radius 2 is 1.78 bits per heavy atom. The van der Waals surface area contributed by atoms with Gasteiger partial charge < -0.3 is 9.64 Å². The van der Waals surface area contributed by atoms with E-state index in [-0.39, 0.29) is 11.7 Å². The highest BCUT2D eigenvalue weighted by Crippen LogP contribution is 2.23. The first kappa shape index (κ1) is 23.3. The molecule has 3 rings (SSSR count). The van der Waals surface area contributed by atoms with Crippen molar-refractivity contribution in [3.05, 3.63) is 82.8 Å². The van der Waals surface area contributed by atoms with E-state index >= 15 is 0 Å². The van der Waals surface area contributed by atoms with E-state index in [0.29, 0.717) is 41.8 Å². The van der Waals surface area contributed by atoms with Crippen molar-refractivity contribution < 1.29 is 9.53 Å². The minimum absolute atomic E-state index is 0.000266. The number of carbonyl (C=O) groups excluding carboxylic acids is 1. The number of amides is 1. The van der Waals surface area contributed by atoms with Crippen LogP contribution in [0.15, 0.2) is 59.6 Å². The van der Waals surface area contributed by atoms with Gasteiger partial charge >= 0.3 is 0 Å². The first-order chi connectivity index (χ1) is 15.5. The molecule has 0 aliphatic rings. The molecule has 164 valence electrons. The van der Waals surface area contributed by atoms with Crippen molar-refractivity contribution in [1.29, 1.82) is 5.26 Å². The Labute approximate surface area is 193 Å². The number of hydrogen-bond donors (Lipinski definition) is 0. The van der Waals surface area contributed by atoms with Crippen molar-refractivity contribution in [2.24, 2.45) is 0 Å². The molecular formula is C25H26N4O2S. The fourth-order valence-corrected chi connectivity index (χ4v) is 4.14. The molecule has 0 unspecified atom stereocenters. The average molecular weight is 447 g/mol. The lowest BCUT2D eigenvalue weighted by Crippen LogP contribution is -2.31. The molecule has 6 nitrogen and oxygen atoms in total. The lowest BCUT2D eigenvalue weighted by molar-refractivity contribution is -0.128. The van der Waals surface area contributed by atoms with Crippen LogP contribution in [0.2, 0.25) is 0 Å². The Morgan fingerprint density at radius 1 is 1.06 bits per heavy atom. The van der Waals surface area contributed by atoms with Gasteiger partial charge in [0.15, 0.2) is 0 Å². The standard InChI is InChI=1S/C25H26N4O2S/c1-4-29(24(30)17-32-25-23(14-26)18(2)27-19(3)28-25)15-20-10-12-22(13-11-20)31-16-21-8-6-5-7-9-21/h5-13H,4,15-17H2,1-3H3. The largest absolute Gasteiger partial charge is 0.489 e. The van der Waals surface area contributed by atoms with Crippen LogP contribution in [0.5, 0.6) is 5.75 Å². The van der Waals surface area contributed by atoms with Crippen molar-refractivity contribution in [2.75, 3.05) is 12.3 Å². The van der Waals surface area contributed by atoms with Gasteiger partial charge in [-0.3, -0.25) is 4.79 Å². The first-order valence-corrected chi connectivity index (χ1v) is 11.4. The molecule has 0 aliphatic heterocycles. The molecule has 0 saturated heterocycles. The predicted octanol–water partition coefficient (Wildman–Crippen LogP) is 4.68. The highest BCUT2D eigenvalue weighted by molar-refractivity contribution is 8.00. The molecule has 0 bridgehead atoms. The number of aromatic nitrogens is 2. The van der Waals surface area contributed by atoms with Crippen molar-refractivity contribution in [2.45, 2.75) is 38.9 Å². The van der Waals surface area contributed by atoms with Crippen LogP contribution in [0.4, 0.5) is 0 Å². The van der Waals surface area contributed by atoms with Crippen LogP contribution in [0.25, 0.3) is 0 Å². The first-order valence-electron chi connectivity index (χ1n) is 10.4. The molecule has 7 heteroatoms. The number of thioether (sulfide) groups is 1. The number of aryl methyl sites for hydroxylation is 2. The van der Waals surface area contributed by atoms with E-state index in [2.05, 4.69) is 16.0 Å². The van der Waals surface area contributed by atoms with Crippen LogP contribution in [0.3, 0.4) is 0 Å². The van der Waals surface area contributed by atoms with Crippen molar-refractivity contribution >= 4 is 17.7 Å². The molecule has 0 saturated carbocycles. The maximum atomic E-state index is 12.8. The monoisotopic (exact) mass is 446 g/mol. The van der Waals surface area contributed by atoms with Gasteiger partial charge in [-0.25, -0.2) is 9.97 Å². The molecule has 2 aromatic carbocycles. The number of nitriles is 1. The number of rotatable bonds is 9. The normalized spacial score (nSPS) is 10.4. The topological polar surface area (TPSA) is 79.1 Å². The number of ether oxygens (including phenoxy) is 1. The summed E-state index contributed by atoms with van der Waals surface area (Å²) in [5.74, 6) is 1.61. The van der Waals surface area contributed by atoms with E-state index in [1.165, 1.54) is 11.8 Å². The second-order valence-corrected chi connectivity index (χ2v) is 8.23. The average Bonchev–Trinajstić information content (AvgIpc) is 2.80. The summed E-state index contributed by atoms with van der Waals surface area (Å²) >= 11 is 1.28. The fourth-order valence-electron chi connectivity index (χ4n) is 3.16. The van der Waals surface area contributed by atoms with Crippen LogP contribution in [-0.2, 0) is 17.9 Å². The predicted molar refractivity (Wildman–Crippen MR) is 125 cm³/mol. The molecule has 1 heterocycles. The molecule has 32 heavy (non-hydrogen) atoms. The van der Waals surface area contributed by atoms with Crippen LogP contribution in [0, 0.1) is 25.2 Å². The van der Waals surface area contributed by atoms with E-state index in [4.69, 9.17) is 4.74 Å². The summed E-state index contributed by atoms with van der Waals surface area (Å²) in [6.07, 6.45) is 0. The summed E-state index contributed by atoms with van der Waals surface area (Å²) in [5, 5.41) is 9.94. The third-order valence-electron chi connectivity index (χ3n) is 4.89. The zero-order valence-corrected chi connectivity index (χ0v) is 19.4. The summed E-state index contributed by atoms with van der Waals surface area (Å²) in [7, 11) is 0. The van der Waals surface area contributed by atoms with Crippen molar-refractivity contribution in [1.82, 2.24) is 14.9 Å². The quantitative estimate of drug-likeness (QED) is 0.351. The summed E-state index contributed by atoms with van der Waals surface area (Å²) in [6.45, 7) is 7.15. The number of nitrogens with zero attached hydrogens (tertiary/aromatic N) is 4. The molecule has 0 radical (unpaired) electrons. The van der Waals surface area contributed by atoms with Gasteiger partial charge in [0.1, 0.15) is 34.8 Å². The minimum Gasteiger partial charge on any atom is -0.489 e. The smallest absolute Gasteiger partial charge is 0.233 e. The third kappa shape index (κ3) is 6.32. The Morgan fingerprint density at radius 3 is 2.44 bits per heavy atom. The van der Waals surface area contributed by atoms with E-state index in [1.807, 2.05) is 61.5 Å². The number of carbonyl (C=O) groups is 1. The molecule has 1 aromatic heterocycles. The molecular weight excluding hydrogens is 420 g/mol. The van der Waals surface area contributed by atoms with Crippen molar-refractivity contribution in [3.63, 3.8) is 0 Å². The third-order valence-corrected chi connectivity index (χ3v) is 5.85. The van der Waals surface area contributed by atoms with Gasteiger partial charge in [-0.15, -0.1) is 0 Å². The molecule has 1 amide bonds. The highest BCUT2D eigenvalue weighted by Gasteiger charge is 2.16. The maximum absolute atomic E-state index is 12.8. The van der Waals surface area contributed by atoms with E-state index in [1.54, 1.807) is 18.7 Å². The van der Waals surface area contributed by atoms with E-state index in [9.17, 15) is 10.1 Å². The molecule has 0 N–H and O–H groups in total. The van der Waals surface area contributed by atoms with Gasteiger partial charge in [0.2, 0.25) is 5.91 Å². The van der Waals surface area contributed by atoms with E-state index in [0.717, 1.165) is 16.9 Å². The Kier molecular flexibility index (Phi) is 8.23. The van der Waals surface area contributed by atoms with Crippen LogP contribution >= 0.6 is 11.8 Å². The molecule has 0 aliphatic carbocycles.